The van der Waals surface area contributed by atoms with Gasteiger partial charge in [0.05, 0.1) is 11.3 Å². The van der Waals surface area contributed by atoms with Crippen molar-refractivity contribution in [2.45, 2.75) is 13.3 Å². The third-order valence-corrected chi connectivity index (χ3v) is 4.83. The number of amides is 1. The smallest absolute Gasteiger partial charge is 0.259 e. The summed E-state index contributed by atoms with van der Waals surface area (Å²) < 4.78 is 0. The van der Waals surface area contributed by atoms with Gasteiger partial charge in [-0.1, -0.05) is 18.2 Å². The van der Waals surface area contributed by atoms with Gasteiger partial charge in [-0.25, -0.2) is 4.98 Å². The number of benzene rings is 1. The number of nitrogens with zero attached hydrogens (tertiary/aromatic N) is 2. The van der Waals surface area contributed by atoms with Crippen LogP contribution in [0.3, 0.4) is 0 Å². The molecule has 3 N–H and O–H groups in total. The minimum absolute atomic E-state index is 0.222. The molecule has 23 heavy (non-hydrogen) atoms. The van der Waals surface area contributed by atoms with Crippen LogP contribution in [0.4, 0.5) is 10.8 Å². The summed E-state index contributed by atoms with van der Waals surface area (Å²) in [6.07, 6.45) is 3.20. The van der Waals surface area contributed by atoms with E-state index in [1.807, 2.05) is 13.0 Å². The highest BCUT2D eigenvalue weighted by Crippen LogP contribution is 2.30. The number of rotatable bonds is 3. The molecule has 1 aliphatic rings. The molecule has 2 heterocycles. The third kappa shape index (κ3) is 3.43. The second kappa shape index (κ2) is 6.52. The molecule has 1 amide bonds. The molecule has 0 saturated heterocycles. The standard InChI is InChI=1S/C17H20N4OS/c1-11-15(12-7-9-21(2)10-8-12)19-17(23-11)20-16(22)13-5-3-4-6-14(13)18/h3-7H,8-10,18H2,1-2H3,(H,19,20,22). The molecule has 3 rings (SSSR count). The van der Waals surface area contributed by atoms with Crippen molar-refractivity contribution < 1.29 is 4.79 Å². The van der Waals surface area contributed by atoms with Crippen LogP contribution in [0.1, 0.15) is 27.3 Å². The van der Waals surface area contributed by atoms with Crippen LogP contribution in [0.15, 0.2) is 30.3 Å². The van der Waals surface area contributed by atoms with Crippen molar-refractivity contribution in [1.82, 2.24) is 9.88 Å². The zero-order chi connectivity index (χ0) is 16.4. The Balaban J connectivity index is 1.79. The quantitative estimate of drug-likeness (QED) is 0.850. The van der Waals surface area contributed by atoms with Crippen LogP contribution >= 0.6 is 11.3 Å². The van der Waals surface area contributed by atoms with E-state index in [2.05, 4.69) is 28.3 Å². The number of nitrogen functional groups attached to an aromatic ring is 1. The molecule has 2 aromatic rings. The zero-order valence-electron chi connectivity index (χ0n) is 13.3. The largest absolute Gasteiger partial charge is 0.398 e. The Bertz CT molecular complexity index is 766. The summed E-state index contributed by atoms with van der Waals surface area (Å²) in [6.45, 7) is 4.01. The maximum Gasteiger partial charge on any atom is 0.259 e. The van der Waals surface area contributed by atoms with Gasteiger partial charge in [0.1, 0.15) is 0 Å². The van der Waals surface area contributed by atoms with Crippen molar-refractivity contribution in [3.05, 3.63) is 46.5 Å². The number of likely N-dealkylation sites (N-methyl/N-ethyl adjacent to an activating group) is 1. The van der Waals surface area contributed by atoms with Gasteiger partial charge in [0.15, 0.2) is 5.13 Å². The maximum atomic E-state index is 12.3. The van der Waals surface area contributed by atoms with Gasteiger partial charge in [-0.05, 0) is 38.1 Å². The molecule has 0 aliphatic carbocycles. The molecule has 1 aliphatic heterocycles. The Hall–Kier alpha value is -2.18. The summed E-state index contributed by atoms with van der Waals surface area (Å²) in [4.78, 5) is 20.3. The van der Waals surface area contributed by atoms with Crippen LogP contribution in [0.5, 0.6) is 0 Å². The van der Waals surface area contributed by atoms with Gasteiger partial charge in [0, 0.05) is 23.7 Å². The van der Waals surface area contributed by atoms with Crippen molar-refractivity contribution in [3.8, 4) is 0 Å². The number of anilines is 2. The molecule has 0 saturated carbocycles. The number of hydrogen-bond acceptors (Lipinski definition) is 5. The monoisotopic (exact) mass is 328 g/mol. The fourth-order valence-electron chi connectivity index (χ4n) is 2.60. The van der Waals surface area contributed by atoms with Crippen molar-refractivity contribution in [2.75, 3.05) is 31.2 Å². The molecule has 0 fully saturated rings. The van der Waals surface area contributed by atoms with Crippen LogP contribution in [-0.4, -0.2) is 35.9 Å². The van der Waals surface area contributed by atoms with E-state index < -0.39 is 0 Å². The van der Waals surface area contributed by atoms with Gasteiger partial charge in [0.25, 0.3) is 5.91 Å². The molecular formula is C17H20N4OS. The zero-order valence-corrected chi connectivity index (χ0v) is 14.1. The highest BCUT2D eigenvalue weighted by Gasteiger charge is 2.17. The van der Waals surface area contributed by atoms with E-state index in [1.54, 1.807) is 18.2 Å². The molecule has 0 unspecified atom stereocenters. The van der Waals surface area contributed by atoms with Crippen molar-refractivity contribution in [2.24, 2.45) is 0 Å². The minimum Gasteiger partial charge on any atom is -0.398 e. The predicted molar refractivity (Wildman–Crippen MR) is 95.7 cm³/mol. The van der Waals surface area contributed by atoms with E-state index in [-0.39, 0.29) is 5.91 Å². The predicted octanol–water partition coefficient (Wildman–Crippen LogP) is 3.00. The first kappa shape index (κ1) is 15.7. The Morgan fingerprint density at radius 2 is 2.17 bits per heavy atom. The molecule has 1 aromatic carbocycles. The summed E-state index contributed by atoms with van der Waals surface area (Å²) >= 11 is 1.50. The molecule has 5 nitrogen and oxygen atoms in total. The minimum atomic E-state index is -0.222. The van der Waals surface area contributed by atoms with Gasteiger partial charge < -0.3 is 10.6 Å². The number of nitrogens with one attached hydrogen (secondary N) is 1. The lowest BCUT2D eigenvalue weighted by atomic mass is 10.0. The van der Waals surface area contributed by atoms with E-state index in [4.69, 9.17) is 5.73 Å². The lowest BCUT2D eigenvalue weighted by Crippen LogP contribution is -2.23. The Morgan fingerprint density at radius 1 is 1.39 bits per heavy atom. The summed E-state index contributed by atoms with van der Waals surface area (Å²) in [5.41, 5.74) is 9.05. The third-order valence-electron chi connectivity index (χ3n) is 3.94. The molecule has 0 radical (unpaired) electrons. The van der Waals surface area contributed by atoms with Crippen molar-refractivity contribution in [1.29, 1.82) is 0 Å². The normalized spacial score (nSPS) is 15.3. The number of carbonyl (C=O) groups excluding carboxylic acids is 1. The molecule has 0 bridgehead atoms. The Labute approximate surface area is 139 Å². The second-order valence-corrected chi connectivity index (χ2v) is 6.91. The highest BCUT2D eigenvalue weighted by atomic mass is 32.1. The van der Waals surface area contributed by atoms with Gasteiger partial charge in [-0.15, -0.1) is 11.3 Å². The van der Waals surface area contributed by atoms with E-state index >= 15 is 0 Å². The average molecular weight is 328 g/mol. The number of aryl methyl sites for hydroxylation is 1. The summed E-state index contributed by atoms with van der Waals surface area (Å²) in [5.74, 6) is -0.222. The fourth-order valence-corrected chi connectivity index (χ4v) is 3.45. The summed E-state index contributed by atoms with van der Waals surface area (Å²) in [6, 6.07) is 7.04. The van der Waals surface area contributed by atoms with Gasteiger partial charge in [-0.3, -0.25) is 10.1 Å². The van der Waals surface area contributed by atoms with Crippen LogP contribution in [0.25, 0.3) is 5.57 Å². The maximum absolute atomic E-state index is 12.3. The molecule has 1 aromatic heterocycles. The molecule has 6 heteroatoms. The number of hydrogen-bond donors (Lipinski definition) is 2. The molecular weight excluding hydrogens is 308 g/mol. The van der Waals surface area contributed by atoms with Crippen LogP contribution in [0.2, 0.25) is 0 Å². The summed E-state index contributed by atoms with van der Waals surface area (Å²) in [5, 5.41) is 3.48. The van der Waals surface area contributed by atoms with Crippen molar-refractivity contribution >= 4 is 33.6 Å². The van der Waals surface area contributed by atoms with E-state index in [1.165, 1.54) is 16.9 Å². The van der Waals surface area contributed by atoms with E-state index in [0.29, 0.717) is 16.4 Å². The van der Waals surface area contributed by atoms with E-state index in [9.17, 15) is 4.79 Å². The average Bonchev–Trinajstić information content (AvgIpc) is 2.89. The van der Waals surface area contributed by atoms with E-state index in [0.717, 1.165) is 30.1 Å². The lowest BCUT2D eigenvalue weighted by molar-refractivity contribution is 0.102. The number of para-hydroxylation sites is 1. The lowest BCUT2D eigenvalue weighted by Gasteiger charge is -2.21. The van der Waals surface area contributed by atoms with Gasteiger partial charge >= 0.3 is 0 Å². The first-order valence-electron chi connectivity index (χ1n) is 7.56. The summed E-state index contributed by atoms with van der Waals surface area (Å²) in [7, 11) is 2.11. The SMILES string of the molecule is Cc1sc(NC(=O)c2ccccc2N)nc1C1=CCN(C)CC1. The van der Waals surface area contributed by atoms with Crippen molar-refractivity contribution in [3.63, 3.8) is 0 Å². The molecule has 0 spiro atoms. The number of carbonyl (C=O) groups is 1. The topological polar surface area (TPSA) is 71.2 Å². The number of aromatic nitrogens is 1. The number of nitrogens with two attached hydrogens (primary N) is 1. The van der Waals surface area contributed by atoms with Gasteiger partial charge in [0.2, 0.25) is 0 Å². The molecule has 0 atom stereocenters. The molecule has 120 valence electrons. The Kier molecular flexibility index (Phi) is 4.45. The van der Waals surface area contributed by atoms with Crippen LogP contribution < -0.4 is 11.1 Å². The highest BCUT2D eigenvalue weighted by molar-refractivity contribution is 7.15. The first-order chi connectivity index (χ1) is 11.0. The second-order valence-electron chi connectivity index (χ2n) is 5.71. The number of thiazole rings is 1. The fraction of sp³-hybridized carbons (Fsp3) is 0.294. The Morgan fingerprint density at radius 3 is 2.87 bits per heavy atom. The first-order valence-corrected chi connectivity index (χ1v) is 8.37. The van der Waals surface area contributed by atoms with Crippen LogP contribution in [-0.2, 0) is 0 Å². The van der Waals surface area contributed by atoms with Crippen LogP contribution in [0, 0.1) is 6.92 Å². The van der Waals surface area contributed by atoms with Gasteiger partial charge in [-0.2, -0.15) is 0 Å².